The minimum Gasteiger partial charge on any atom is -0.494 e. The van der Waals surface area contributed by atoms with Crippen LogP contribution in [0.4, 0.5) is 11.4 Å². The fraction of sp³-hybridized carbons (Fsp3) is 0.143. The van der Waals surface area contributed by atoms with Gasteiger partial charge in [0.1, 0.15) is 5.75 Å². The Labute approximate surface area is 162 Å². The number of anilines is 2. The van der Waals surface area contributed by atoms with Gasteiger partial charge in [0.05, 0.1) is 11.5 Å². The quantitative estimate of drug-likeness (QED) is 0.635. The lowest BCUT2D eigenvalue weighted by molar-refractivity contribution is 0.102. The highest BCUT2D eigenvalue weighted by Gasteiger charge is 2.10. The Bertz CT molecular complexity index is 952. The Morgan fingerprint density at radius 2 is 1.70 bits per heavy atom. The number of ether oxygens (including phenoxy) is 1. The average molecular weight is 380 g/mol. The minimum absolute atomic E-state index is 0.171. The first-order valence-electron chi connectivity index (χ1n) is 8.56. The molecule has 0 aliphatic heterocycles. The monoisotopic (exact) mass is 380 g/mol. The number of hydrogen-bond acceptors (Lipinski definition) is 4. The third-order valence-electron chi connectivity index (χ3n) is 3.86. The number of carbonyl (C=O) groups excluding carboxylic acids is 2. The highest BCUT2D eigenvalue weighted by Crippen LogP contribution is 2.21. The van der Waals surface area contributed by atoms with Crippen molar-refractivity contribution < 1.29 is 14.3 Å². The van der Waals surface area contributed by atoms with Gasteiger partial charge >= 0.3 is 0 Å². The molecule has 3 aromatic rings. The van der Waals surface area contributed by atoms with Crippen molar-refractivity contribution >= 4 is 34.5 Å². The fourth-order valence-corrected chi connectivity index (χ4v) is 3.21. The SMILES string of the molecule is CCOc1ccc(C(=O)Nc2cccc(NC(=O)c3cccs3)c2)cc1C. The lowest BCUT2D eigenvalue weighted by atomic mass is 10.1. The van der Waals surface area contributed by atoms with E-state index in [0.29, 0.717) is 28.4 Å². The van der Waals surface area contributed by atoms with Crippen LogP contribution in [0.1, 0.15) is 32.5 Å². The van der Waals surface area contributed by atoms with Crippen LogP contribution in [0.2, 0.25) is 0 Å². The molecule has 1 aromatic heterocycles. The molecule has 1 heterocycles. The first-order valence-corrected chi connectivity index (χ1v) is 9.44. The van der Waals surface area contributed by atoms with Crippen LogP contribution in [-0.2, 0) is 0 Å². The maximum Gasteiger partial charge on any atom is 0.265 e. The van der Waals surface area contributed by atoms with Crippen LogP contribution in [0.15, 0.2) is 60.0 Å². The fourth-order valence-electron chi connectivity index (χ4n) is 2.59. The predicted molar refractivity (Wildman–Crippen MR) is 109 cm³/mol. The second-order valence-electron chi connectivity index (χ2n) is 5.88. The molecule has 0 fully saturated rings. The molecule has 0 spiro atoms. The largest absolute Gasteiger partial charge is 0.494 e. The van der Waals surface area contributed by atoms with Gasteiger partial charge in [0.25, 0.3) is 11.8 Å². The second-order valence-corrected chi connectivity index (χ2v) is 6.83. The molecular weight excluding hydrogens is 360 g/mol. The van der Waals surface area contributed by atoms with Gasteiger partial charge in [-0.15, -0.1) is 11.3 Å². The summed E-state index contributed by atoms with van der Waals surface area (Å²) in [4.78, 5) is 25.3. The molecule has 6 heteroatoms. The van der Waals surface area contributed by atoms with Crippen molar-refractivity contribution in [2.45, 2.75) is 13.8 Å². The highest BCUT2D eigenvalue weighted by atomic mass is 32.1. The van der Waals surface area contributed by atoms with Gasteiger partial charge in [-0.05, 0) is 67.3 Å². The van der Waals surface area contributed by atoms with Crippen molar-refractivity contribution in [3.8, 4) is 5.75 Å². The van der Waals surface area contributed by atoms with Crippen molar-refractivity contribution in [2.75, 3.05) is 17.2 Å². The first kappa shape index (κ1) is 18.7. The zero-order valence-electron chi connectivity index (χ0n) is 15.1. The lowest BCUT2D eigenvalue weighted by Crippen LogP contribution is -2.13. The maximum absolute atomic E-state index is 12.5. The number of thiophene rings is 1. The van der Waals surface area contributed by atoms with E-state index in [1.165, 1.54) is 11.3 Å². The van der Waals surface area contributed by atoms with Gasteiger partial charge in [0, 0.05) is 16.9 Å². The topological polar surface area (TPSA) is 67.4 Å². The van der Waals surface area contributed by atoms with E-state index in [1.807, 2.05) is 25.3 Å². The number of nitrogens with one attached hydrogen (secondary N) is 2. The molecule has 5 nitrogen and oxygen atoms in total. The van der Waals surface area contributed by atoms with E-state index in [9.17, 15) is 9.59 Å². The van der Waals surface area contributed by atoms with E-state index < -0.39 is 0 Å². The predicted octanol–water partition coefficient (Wildman–Crippen LogP) is 4.96. The molecule has 138 valence electrons. The molecule has 0 unspecified atom stereocenters. The summed E-state index contributed by atoms with van der Waals surface area (Å²) < 4.78 is 5.50. The van der Waals surface area contributed by atoms with Gasteiger partial charge in [-0.2, -0.15) is 0 Å². The van der Waals surface area contributed by atoms with Crippen LogP contribution >= 0.6 is 11.3 Å². The average Bonchev–Trinajstić information content (AvgIpc) is 3.19. The van der Waals surface area contributed by atoms with Crippen molar-refractivity contribution in [3.05, 3.63) is 76.0 Å². The molecule has 0 aliphatic carbocycles. The van der Waals surface area contributed by atoms with E-state index in [1.54, 1.807) is 48.5 Å². The minimum atomic E-state index is -0.220. The third kappa shape index (κ3) is 4.74. The van der Waals surface area contributed by atoms with Crippen LogP contribution in [0, 0.1) is 6.92 Å². The summed E-state index contributed by atoms with van der Waals surface area (Å²) in [6, 6.07) is 16.0. The third-order valence-corrected chi connectivity index (χ3v) is 4.73. The molecule has 27 heavy (non-hydrogen) atoms. The molecule has 0 aliphatic rings. The van der Waals surface area contributed by atoms with Crippen molar-refractivity contribution in [1.82, 2.24) is 0 Å². The molecule has 0 bridgehead atoms. The second kappa shape index (κ2) is 8.51. The lowest BCUT2D eigenvalue weighted by Gasteiger charge is -2.11. The molecule has 2 aromatic carbocycles. The number of aryl methyl sites for hydroxylation is 1. The van der Waals surface area contributed by atoms with E-state index in [-0.39, 0.29) is 11.8 Å². The smallest absolute Gasteiger partial charge is 0.265 e. The van der Waals surface area contributed by atoms with Crippen LogP contribution in [0.3, 0.4) is 0 Å². The number of amides is 2. The Hall–Kier alpha value is -3.12. The number of carbonyl (C=O) groups is 2. The van der Waals surface area contributed by atoms with Crippen molar-refractivity contribution in [3.63, 3.8) is 0 Å². The summed E-state index contributed by atoms with van der Waals surface area (Å²) in [6.07, 6.45) is 0. The van der Waals surface area contributed by atoms with Gasteiger partial charge in [0.2, 0.25) is 0 Å². The van der Waals surface area contributed by atoms with Gasteiger partial charge < -0.3 is 15.4 Å². The van der Waals surface area contributed by atoms with Crippen molar-refractivity contribution in [2.24, 2.45) is 0 Å². The Morgan fingerprint density at radius 3 is 2.33 bits per heavy atom. The van der Waals surface area contributed by atoms with Gasteiger partial charge in [-0.25, -0.2) is 0 Å². The summed E-state index contributed by atoms with van der Waals surface area (Å²) in [7, 11) is 0. The Balaban J connectivity index is 1.69. The Kier molecular flexibility index (Phi) is 5.88. The molecule has 0 atom stereocenters. The first-order chi connectivity index (χ1) is 13.1. The highest BCUT2D eigenvalue weighted by molar-refractivity contribution is 7.12. The normalized spacial score (nSPS) is 10.3. The summed E-state index contributed by atoms with van der Waals surface area (Å²) in [5.41, 5.74) is 2.68. The molecule has 3 rings (SSSR count). The molecule has 2 amide bonds. The van der Waals surface area contributed by atoms with Crippen LogP contribution in [0.25, 0.3) is 0 Å². The molecule has 0 radical (unpaired) electrons. The van der Waals surface area contributed by atoms with Crippen LogP contribution in [-0.4, -0.2) is 18.4 Å². The van der Waals surface area contributed by atoms with Gasteiger partial charge in [-0.1, -0.05) is 12.1 Å². The summed E-state index contributed by atoms with van der Waals surface area (Å²) >= 11 is 1.38. The van der Waals surface area contributed by atoms with Crippen LogP contribution in [0.5, 0.6) is 5.75 Å². The maximum atomic E-state index is 12.5. The van der Waals surface area contributed by atoms with Crippen molar-refractivity contribution in [1.29, 1.82) is 0 Å². The number of rotatable bonds is 6. The molecule has 2 N–H and O–H groups in total. The van der Waals surface area contributed by atoms with E-state index in [0.717, 1.165) is 11.3 Å². The Morgan fingerprint density at radius 1 is 0.963 bits per heavy atom. The van der Waals surface area contributed by atoms with Gasteiger partial charge in [0.15, 0.2) is 0 Å². The standard InChI is InChI=1S/C21H20N2O3S/c1-3-26-18-10-9-15(12-14(18)2)20(24)22-16-6-4-7-17(13-16)23-21(25)19-8-5-11-27-19/h4-13H,3H2,1-2H3,(H,22,24)(H,23,25). The number of hydrogen-bond donors (Lipinski definition) is 2. The molecule has 0 saturated heterocycles. The zero-order valence-corrected chi connectivity index (χ0v) is 15.9. The number of benzene rings is 2. The summed E-state index contributed by atoms with van der Waals surface area (Å²) in [6.45, 7) is 4.41. The summed E-state index contributed by atoms with van der Waals surface area (Å²) in [5, 5.41) is 7.54. The molecular formula is C21H20N2O3S. The van der Waals surface area contributed by atoms with E-state index in [2.05, 4.69) is 10.6 Å². The van der Waals surface area contributed by atoms with Gasteiger partial charge in [-0.3, -0.25) is 9.59 Å². The van der Waals surface area contributed by atoms with E-state index >= 15 is 0 Å². The van der Waals surface area contributed by atoms with E-state index in [4.69, 9.17) is 4.74 Å². The summed E-state index contributed by atoms with van der Waals surface area (Å²) in [5.74, 6) is 0.380. The van der Waals surface area contributed by atoms with Crippen LogP contribution < -0.4 is 15.4 Å². The zero-order chi connectivity index (χ0) is 19.2. The molecule has 0 saturated carbocycles.